The van der Waals surface area contributed by atoms with Gasteiger partial charge in [-0.05, 0) is 13.3 Å². The minimum atomic E-state index is -1.58. The molecule has 130 valence electrons. The van der Waals surface area contributed by atoms with Crippen molar-refractivity contribution < 1.29 is 34.2 Å². The Morgan fingerprint density at radius 1 is 1.00 bits per heavy atom. The topological polar surface area (TPSA) is 202 Å². The van der Waals surface area contributed by atoms with Crippen molar-refractivity contribution >= 4 is 29.7 Å². The van der Waals surface area contributed by atoms with Crippen LogP contribution in [0.4, 0.5) is 0 Å². The molecule has 23 heavy (non-hydrogen) atoms. The summed E-state index contributed by atoms with van der Waals surface area (Å²) in [6, 6.07) is -3.84. The molecule has 3 amide bonds. The van der Waals surface area contributed by atoms with Gasteiger partial charge in [0, 0.05) is 6.42 Å². The summed E-state index contributed by atoms with van der Waals surface area (Å²) in [5.74, 6) is -5.30. The maximum atomic E-state index is 12.0. The molecule has 0 saturated heterocycles. The van der Waals surface area contributed by atoms with Crippen LogP contribution < -0.4 is 22.1 Å². The minimum Gasteiger partial charge on any atom is -0.481 e. The minimum absolute atomic E-state index is 0.275. The summed E-state index contributed by atoms with van der Waals surface area (Å²) in [5, 5.41) is 21.8. The fraction of sp³-hybridized carbons (Fsp3) is 0.583. The second-order valence-corrected chi connectivity index (χ2v) is 4.85. The van der Waals surface area contributed by atoms with Gasteiger partial charge in [-0.2, -0.15) is 0 Å². The summed E-state index contributed by atoms with van der Waals surface area (Å²) in [4.78, 5) is 55.9. The highest BCUT2D eigenvalue weighted by atomic mass is 16.4. The first kappa shape index (κ1) is 20.3. The number of rotatable bonds is 10. The molecule has 8 N–H and O–H groups in total. The lowest BCUT2D eigenvalue weighted by Crippen LogP contribution is -2.54. The van der Waals surface area contributed by atoms with Crippen molar-refractivity contribution in [3.63, 3.8) is 0 Å². The Morgan fingerprint density at radius 3 is 1.91 bits per heavy atom. The quantitative estimate of drug-likeness (QED) is 0.245. The van der Waals surface area contributed by atoms with Crippen molar-refractivity contribution in [2.45, 2.75) is 44.3 Å². The van der Waals surface area contributed by atoms with E-state index in [0.717, 1.165) is 0 Å². The highest BCUT2D eigenvalue weighted by molar-refractivity contribution is 5.93. The zero-order valence-electron chi connectivity index (χ0n) is 12.4. The maximum Gasteiger partial charge on any atom is 0.326 e. The van der Waals surface area contributed by atoms with Crippen LogP contribution in [0.25, 0.3) is 0 Å². The molecule has 0 aliphatic carbocycles. The van der Waals surface area contributed by atoms with E-state index < -0.39 is 60.6 Å². The Hall–Kier alpha value is -2.69. The molecule has 0 aliphatic heterocycles. The van der Waals surface area contributed by atoms with E-state index >= 15 is 0 Å². The normalized spacial score (nSPS) is 14.2. The standard InChI is InChI=1S/C12H20N4O7/c1-5(13)10(20)15-6(2-3-9(18)19)11(21)16-7(12(22)23)4-8(14)17/h5-7H,2-4,13H2,1H3,(H2,14,17)(H,15,20)(H,16,21)(H,18,19)(H,22,23)/t5-,6+,7-/m0/s1. The molecule has 0 heterocycles. The highest BCUT2D eigenvalue weighted by Gasteiger charge is 2.28. The fourth-order valence-electron chi connectivity index (χ4n) is 1.51. The lowest BCUT2D eigenvalue weighted by Gasteiger charge is -2.21. The molecule has 0 aliphatic rings. The average molecular weight is 332 g/mol. The van der Waals surface area contributed by atoms with Gasteiger partial charge in [-0.3, -0.25) is 19.2 Å². The summed E-state index contributed by atoms with van der Waals surface area (Å²) < 4.78 is 0. The van der Waals surface area contributed by atoms with Gasteiger partial charge in [0.15, 0.2) is 0 Å². The molecule has 0 spiro atoms. The van der Waals surface area contributed by atoms with Crippen molar-refractivity contribution in [1.29, 1.82) is 0 Å². The Kier molecular flexibility index (Phi) is 8.26. The molecule has 11 heteroatoms. The Morgan fingerprint density at radius 2 is 1.52 bits per heavy atom. The number of carboxylic acids is 2. The van der Waals surface area contributed by atoms with Crippen molar-refractivity contribution in [2.75, 3.05) is 0 Å². The molecule has 0 aromatic rings. The highest BCUT2D eigenvalue weighted by Crippen LogP contribution is 2.01. The summed E-state index contributed by atoms with van der Waals surface area (Å²) in [7, 11) is 0. The number of nitrogens with two attached hydrogens (primary N) is 2. The summed E-state index contributed by atoms with van der Waals surface area (Å²) in [6.07, 6.45) is -1.36. The smallest absolute Gasteiger partial charge is 0.326 e. The zero-order chi connectivity index (χ0) is 18.2. The van der Waals surface area contributed by atoms with Gasteiger partial charge in [-0.15, -0.1) is 0 Å². The van der Waals surface area contributed by atoms with Crippen LogP contribution in [-0.2, 0) is 24.0 Å². The molecule has 11 nitrogen and oxygen atoms in total. The molecule has 0 bridgehead atoms. The summed E-state index contributed by atoms with van der Waals surface area (Å²) >= 11 is 0. The number of aliphatic carboxylic acids is 2. The van der Waals surface area contributed by atoms with Gasteiger partial charge >= 0.3 is 11.9 Å². The average Bonchev–Trinajstić information content (AvgIpc) is 2.41. The monoisotopic (exact) mass is 332 g/mol. The van der Waals surface area contributed by atoms with E-state index in [9.17, 15) is 24.0 Å². The molecule has 0 rings (SSSR count). The van der Waals surface area contributed by atoms with Gasteiger partial charge in [-0.1, -0.05) is 0 Å². The van der Waals surface area contributed by atoms with Crippen LogP contribution in [0.3, 0.4) is 0 Å². The first-order chi connectivity index (χ1) is 10.5. The lowest BCUT2D eigenvalue weighted by atomic mass is 10.1. The molecule has 0 fully saturated rings. The Balaban J connectivity index is 5.00. The number of primary amides is 1. The predicted molar refractivity (Wildman–Crippen MR) is 75.8 cm³/mol. The summed E-state index contributed by atoms with van der Waals surface area (Å²) in [5.41, 5.74) is 10.2. The van der Waals surface area contributed by atoms with Crippen LogP contribution in [0, 0.1) is 0 Å². The number of amides is 3. The van der Waals surface area contributed by atoms with E-state index in [1.807, 2.05) is 5.32 Å². The van der Waals surface area contributed by atoms with E-state index in [-0.39, 0.29) is 6.42 Å². The molecular formula is C12H20N4O7. The first-order valence-corrected chi connectivity index (χ1v) is 6.63. The number of hydrogen-bond donors (Lipinski definition) is 6. The third kappa shape index (κ3) is 8.36. The molecular weight excluding hydrogens is 312 g/mol. The van der Waals surface area contributed by atoms with E-state index in [4.69, 9.17) is 21.7 Å². The second kappa shape index (κ2) is 9.35. The fourth-order valence-corrected chi connectivity index (χ4v) is 1.51. The second-order valence-electron chi connectivity index (χ2n) is 4.85. The van der Waals surface area contributed by atoms with Crippen LogP contribution in [0.5, 0.6) is 0 Å². The van der Waals surface area contributed by atoms with Crippen LogP contribution in [0.1, 0.15) is 26.2 Å². The van der Waals surface area contributed by atoms with E-state index in [0.29, 0.717) is 0 Å². The number of nitrogens with one attached hydrogen (secondary N) is 2. The van der Waals surface area contributed by atoms with Crippen LogP contribution in [0.2, 0.25) is 0 Å². The molecule has 3 atom stereocenters. The van der Waals surface area contributed by atoms with E-state index in [1.165, 1.54) is 6.92 Å². The molecule has 0 unspecified atom stereocenters. The van der Waals surface area contributed by atoms with Crippen LogP contribution in [-0.4, -0.2) is 58.0 Å². The van der Waals surface area contributed by atoms with Gasteiger partial charge in [0.1, 0.15) is 12.1 Å². The molecule has 0 aromatic heterocycles. The van der Waals surface area contributed by atoms with Crippen LogP contribution in [0.15, 0.2) is 0 Å². The third-order valence-electron chi connectivity index (χ3n) is 2.71. The van der Waals surface area contributed by atoms with Crippen molar-refractivity contribution in [3.8, 4) is 0 Å². The SMILES string of the molecule is C[C@H](N)C(=O)N[C@H](CCC(=O)O)C(=O)N[C@@H](CC(N)=O)C(=O)O. The van der Waals surface area contributed by atoms with Gasteiger partial charge in [0.2, 0.25) is 17.7 Å². The van der Waals surface area contributed by atoms with Gasteiger partial charge in [0.25, 0.3) is 0 Å². The van der Waals surface area contributed by atoms with Crippen molar-refractivity contribution in [1.82, 2.24) is 10.6 Å². The Bertz CT molecular complexity index is 492. The Labute approximate surface area is 131 Å². The van der Waals surface area contributed by atoms with Crippen molar-refractivity contribution in [2.24, 2.45) is 11.5 Å². The van der Waals surface area contributed by atoms with Gasteiger partial charge < -0.3 is 32.3 Å². The first-order valence-electron chi connectivity index (χ1n) is 6.63. The zero-order valence-corrected chi connectivity index (χ0v) is 12.4. The summed E-state index contributed by atoms with van der Waals surface area (Å²) in [6.45, 7) is 1.36. The van der Waals surface area contributed by atoms with Crippen molar-refractivity contribution in [3.05, 3.63) is 0 Å². The largest absolute Gasteiger partial charge is 0.481 e. The number of carbonyl (C=O) groups is 5. The van der Waals surface area contributed by atoms with E-state index in [1.54, 1.807) is 0 Å². The number of hydrogen-bond acceptors (Lipinski definition) is 6. The number of carboxylic acid groups (broad SMARTS) is 2. The molecule has 0 radical (unpaired) electrons. The van der Waals surface area contributed by atoms with Crippen LogP contribution >= 0.6 is 0 Å². The van der Waals surface area contributed by atoms with Gasteiger partial charge in [-0.25, -0.2) is 4.79 Å². The number of carbonyl (C=O) groups excluding carboxylic acids is 3. The maximum absolute atomic E-state index is 12.0. The van der Waals surface area contributed by atoms with E-state index in [2.05, 4.69) is 5.32 Å². The third-order valence-corrected chi connectivity index (χ3v) is 2.71. The lowest BCUT2D eigenvalue weighted by molar-refractivity contribution is -0.144. The van der Waals surface area contributed by atoms with Gasteiger partial charge in [0.05, 0.1) is 12.5 Å². The predicted octanol–water partition coefficient (Wildman–Crippen LogP) is -2.87. The molecule has 0 aromatic carbocycles. The molecule has 0 saturated carbocycles.